The van der Waals surface area contributed by atoms with E-state index in [9.17, 15) is 0 Å². The molecule has 1 heterocycles. The van der Waals surface area contributed by atoms with Crippen molar-refractivity contribution < 1.29 is 4.74 Å². The minimum Gasteiger partial charge on any atom is -0.488 e. The van der Waals surface area contributed by atoms with Crippen LogP contribution < -0.4 is 4.74 Å². The van der Waals surface area contributed by atoms with Crippen molar-refractivity contribution in [3.8, 4) is 5.75 Å². The van der Waals surface area contributed by atoms with Gasteiger partial charge >= 0.3 is 0 Å². The Hall–Kier alpha value is -2.06. The van der Waals surface area contributed by atoms with Crippen LogP contribution in [0.15, 0.2) is 54.7 Å². The van der Waals surface area contributed by atoms with Crippen LogP contribution in [0.3, 0.4) is 0 Å². The molecule has 0 N–H and O–H groups in total. The van der Waals surface area contributed by atoms with Crippen LogP contribution in [0.2, 0.25) is 5.02 Å². The third-order valence-electron chi connectivity index (χ3n) is 3.23. The Labute approximate surface area is 123 Å². The summed E-state index contributed by atoms with van der Waals surface area (Å²) in [5, 5.41) is 1.55. The summed E-state index contributed by atoms with van der Waals surface area (Å²) >= 11 is 6.30. The van der Waals surface area contributed by atoms with Crippen molar-refractivity contribution in [2.45, 2.75) is 13.5 Å². The molecule has 3 rings (SSSR count). The van der Waals surface area contributed by atoms with E-state index in [1.165, 1.54) is 0 Å². The SMILES string of the molecule is Cc1ccc2nccc(Cl)c2c1OCc1ccccc1. The number of hydrogen-bond acceptors (Lipinski definition) is 2. The summed E-state index contributed by atoms with van der Waals surface area (Å²) in [6, 6.07) is 15.8. The molecule has 0 aliphatic rings. The number of ether oxygens (including phenoxy) is 1. The summed E-state index contributed by atoms with van der Waals surface area (Å²) in [6.45, 7) is 2.54. The number of halogens is 1. The molecule has 3 heteroatoms. The Balaban J connectivity index is 2.00. The van der Waals surface area contributed by atoms with Gasteiger partial charge in [0.05, 0.1) is 15.9 Å². The summed E-state index contributed by atoms with van der Waals surface area (Å²) in [5.41, 5.74) is 3.04. The van der Waals surface area contributed by atoms with E-state index < -0.39 is 0 Å². The number of benzene rings is 2. The van der Waals surface area contributed by atoms with Crippen molar-refractivity contribution in [2.75, 3.05) is 0 Å². The summed E-state index contributed by atoms with van der Waals surface area (Å²) in [6.07, 6.45) is 1.71. The molecule has 0 atom stereocenters. The second-order valence-electron chi connectivity index (χ2n) is 4.67. The molecule has 0 unspecified atom stereocenters. The van der Waals surface area contributed by atoms with Crippen LogP contribution in [0.5, 0.6) is 5.75 Å². The fraction of sp³-hybridized carbons (Fsp3) is 0.118. The lowest BCUT2D eigenvalue weighted by Gasteiger charge is -2.13. The zero-order valence-corrected chi connectivity index (χ0v) is 11.9. The number of aryl methyl sites for hydroxylation is 1. The first kappa shape index (κ1) is 12.9. The van der Waals surface area contributed by atoms with E-state index in [1.54, 1.807) is 12.3 Å². The monoisotopic (exact) mass is 283 g/mol. The summed E-state index contributed by atoms with van der Waals surface area (Å²) < 4.78 is 5.99. The Morgan fingerprint density at radius 3 is 2.65 bits per heavy atom. The molecule has 2 aromatic carbocycles. The van der Waals surface area contributed by atoms with Gasteiger partial charge in [0.1, 0.15) is 12.4 Å². The molecule has 0 aliphatic heterocycles. The quantitative estimate of drug-likeness (QED) is 0.690. The molecule has 1 aromatic heterocycles. The molecule has 0 spiro atoms. The maximum Gasteiger partial charge on any atom is 0.133 e. The lowest BCUT2D eigenvalue weighted by Crippen LogP contribution is -1.98. The predicted molar refractivity (Wildman–Crippen MR) is 82.3 cm³/mol. The molecular formula is C17H14ClNO. The fourth-order valence-corrected chi connectivity index (χ4v) is 2.44. The lowest BCUT2D eigenvalue weighted by molar-refractivity contribution is 0.308. The van der Waals surface area contributed by atoms with Gasteiger partial charge in [-0.2, -0.15) is 0 Å². The van der Waals surface area contributed by atoms with Crippen LogP contribution >= 0.6 is 11.6 Å². The molecule has 0 aliphatic carbocycles. The van der Waals surface area contributed by atoms with E-state index in [0.717, 1.165) is 27.8 Å². The number of pyridine rings is 1. The predicted octanol–water partition coefficient (Wildman–Crippen LogP) is 4.78. The first-order valence-electron chi connectivity index (χ1n) is 6.46. The van der Waals surface area contributed by atoms with E-state index in [-0.39, 0.29) is 0 Å². The van der Waals surface area contributed by atoms with Crippen LogP contribution in [0.4, 0.5) is 0 Å². The normalized spacial score (nSPS) is 10.7. The maximum absolute atomic E-state index is 6.30. The molecule has 0 saturated carbocycles. The smallest absolute Gasteiger partial charge is 0.133 e. The summed E-state index contributed by atoms with van der Waals surface area (Å²) in [5.74, 6) is 0.810. The van der Waals surface area contributed by atoms with Gasteiger partial charge in [0.2, 0.25) is 0 Å². The Kier molecular flexibility index (Phi) is 3.57. The highest BCUT2D eigenvalue weighted by atomic mass is 35.5. The molecule has 3 aromatic rings. The Morgan fingerprint density at radius 1 is 1.05 bits per heavy atom. The van der Waals surface area contributed by atoms with Gasteiger partial charge in [-0.1, -0.05) is 48.0 Å². The van der Waals surface area contributed by atoms with Gasteiger partial charge in [-0.3, -0.25) is 4.98 Å². The highest BCUT2D eigenvalue weighted by molar-refractivity contribution is 6.35. The highest BCUT2D eigenvalue weighted by Gasteiger charge is 2.10. The van der Waals surface area contributed by atoms with E-state index in [2.05, 4.69) is 4.98 Å². The zero-order chi connectivity index (χ0) is 13.9. The minimum absolute atomic E-state index is 0.520. The molecule has 100 valence electrons. The maximum atomic E-state index is 6.30. The van der Waals surface area contributed by atoms with Gasteiger partial charge in [-0.25, -0.2) is 0 Å². The zero-order valence-electron chi connectivity index (χ0n) is 11.1. The standard InChI is InChI=1S/C17H14ClNO/c1-12-7-8-15-16(14(18)9-10-19-15)17(12)20-11-13-5-3-2-4-6-13/h2-10H,11H2,1H3. The largest absolute Gasteiger partial charge is 0.488 e. The van der Waals surface area contributed by atoms with Gasteiger partial charge in [0, 0.05) is 6.20 Å². The molecule has 0 bridgehead atoms. The van der Waals surface area contributed by atoms with Crippen molar-refractivity contribution in [2.24, 2.45) is 0 Å². The summed E-state index contributed by atoms with van der Waals surface area (Å²) in [4.78, 5) is 4.33. The van der Waals surface area contributed by atoms with Crippen LogP contribution in [-0.2, 0) is 6.61 Å². The minimum atomic E-state index is 0.520. The average molecular weight is 284 g/mol. The van der Waals surface area contributed by atoms with Gasteiger partial charge in [-0.15, -0.1) is 0 Å². The first-order chi connectivity index (χ1) is 9.75. The Bertz CT molecular complexity index is 741. The van der Waals surface area contributed by atoms with Crippen molar-refractivity contribution in [1.82, 2.24) is 4.98 Å². The molecule has 0 fully saturated rings. The third-order valence-corrected chi connectivity index (χ3v) is 3.55. The average Bonchev–Trinajstić information content (AvgIpc) is 2.48. The third kappa shape index (κ3) is 2.47. The van der Waals surface area contributed by atoms with Crippen LogP contribution in [0, 0.1) is 6.92 Å². The van der Waals surface area contributed by atoms with Crippen LogP contribution in [0.1, 0.15) is 11.1 Å². The van der Waals surface area contributed by atoms with Gasteiger partial charge in [0.25, 0.3) is 0 Å². The summed E-state index contributed by atoms with van der Waals surface area (Å²) in [7, 11) is 0. The molecular weight excluding hydrogens is 270 g/mol. The lowest BCUT2D eigenvalue weighted by atomic mass is 10.1. The van der Waals surface area contributed by atoms with Crippen molar-refractivity contribution in [3.05, 3.63) is 70.9 Å². The molecule has 0 radical (unpaired) electrons. The number of hydrogen-bond donors (Lipinski definition) is 0. The van der Waals surface area contributed by atoms with E-state index in [0.29, 0.717) is 11.6 Å². The van der Waals surface area contributed by atoms with Crippen LogP contribution in [-0.4, -0.2) is 4.98 Å². The van der Waals surface area contributed by atoms with Crippen LogP contribution in [0.25, 0.3) is 10.9 Å². The first-order valence-corrected chi connectivity index (χ1v) is 6.84. The molecule has 20 heavy (non-hydrogen) atoms. The number of nitrogens with zero attached hydrogens (tertiary/aromatic N) is 1. The van der Waals surface area contributed by atoms with Gasteiger partial charge in [0.15, 0.2) is 0 Å². The molecule has 0 saturated heterocycles. The molecule has 0 amide bonds. The number of aromatic nitrogens is 1. The van der Waals surface area contributed by atoms with E-state index >= 15 is 0 Å². The van der Waals surface area contributed by atoms with E-state index in [1.807, 2.05) is 49.4 Å². The number of rotatable bonds is 3. The van der Waals surface area contributed by atoms with Crippen molar-refractivity contribution in [3.63, 3.8) is 0 Å². The topological polar surface area (TPSA) is 22.1 Å². The Morgan fingerprint density at radius 2 is 1.85 bits per heavy atom. The van der Waals surface area contributed by atoms with Gasteiger partial charge < -0.3 is 4.74 Å². The van der Waals surface area contributed by atoms with Crippen molar-refractivity contribution in [1.29, 1.82) is 0 Å². The second kappa shape index (κ2) is 5.51. The highest BCUT2D eigenvalue weighted by Crippen LogP contribution is 2.34. The number of fused-ring (bicyclic) bond motifs is 1. The second-order valence-corrected chi connectivity index (χ2v) is 5.08. The van der Waals surface area contributed by atoms with Crippen molar-refractivity contribution >= 4 is 22.5 Å². The van der Waals surface area contributed by atoms with Gasteiger partial charge in [-0.05, 0) is 30.2 Å². The van der Waals surface area contributed by atoms with E-state index in [4.69, 9.17) is 16.3 Å². The fourth-order valence-electron chi connectivity index (χ4n) is 2.20. The molecule has 2 nitrogen and oxygen atoms in total.